The van der Waals surface area contributed by atoms with Crippen LogP contribution in [0.4, 0.5) is 5.82 Å². The topological polar surface area (TPSA) is 67.9 Å². The first kappa shape index (κ1) is 13.4. The highest BCUT2D eigenvalue weighted by Crippen LogP contribution is 2.14. The van der Waals surface area contributed by atoms with E-state index in [2.05, 4.69) is 25.9 Å². The normalized spacial score (nSPS) is 10.4. The smallest absolute Gasteiger partial charge is 0.132 e. The van der Waals surface area contributed by atoms with Crippen LogP contribution >= 0.6 is 0 Å². The lowest BCUT2D eigenvalue weighted by atomic mass is 10.2. The van der Waals surface area contributed by atoms with E-state index in [1.165, 1.54) is 0 Å². The highest BCUT2D eigenvalue weighted by atomic mass is 15.2. The first-order valence-corrected chi connectivity index (χ1v) is 6.42. The van der Waals surface area contributed by atoms with Crippen molar-refractivity contribution in [2.24, 2.45) is 5.73 Å². The maximum Gasteiger partial charge on any atom is 0.132 e. The van der Waals surface area contributed by atoms with Crippen molar-refractivity contribution in [3.05, 3.63) is 48.2 Å². The van der Waals surface area contributed by atoms with E-state index in [0.717, 1.165) is 36.6 Å². The molecule has 2 heterocycles. The second kappa shape index (κ2) is 6.80. The fourth-order valence-corrected chi connectivity index (χ4v) is 1.88. The molecule has 2 N–H and O–H groups in total. The van der Waals surface area contributed by atoms with Gasteiger partial charge in [-0.15, -0.1) is 0 Å². The van der Waals surface area contributed by atoms with Crippen LogP contribution in [0.25, 0.3) is 0 Å². The number of nitrogens with two attached hydrogens (primary N) is 1. The minimum atomic E-state index is 0.674. The fraction of sp³-hybridized carbons (Fsp3) is 0.357. The zero-order valence-corrected chi connectivity index (χ0v) is 11.2. The Morgan fingerprint density at radius 3 is 2.89 bits per heavy atom. The summed E-state index contributed by atoms with van der Waals surface area (Å²) < 4.78 is 0. The number of nitrogens with zero attached hydrogens (tertiary/aromatic N) is 4. The third-order valence-corrected chi connectivity index (χ3v) is 2.84. The minimum absolute atomic E-state index is 0.674. The van der Waals surface area contributed by atoms with Gasteiger partial charge >= 0.3 is 0 Å². The van der Waals surface area contributed by atoms with E-state index in [4.69, 9.17) is 5.73 Å². The molecule has 0 aliphatic rings. The van der Waals surface area contributed by atoms with Crippen molar-refractivity contribution in [3.8, 4) is 0 Å². The summed E-state index contributed by atoms with van der Waals surface area (Å²) >= 11 is 0. The van der Waals surface area contributed by atoms with Gasteiger partial charge in [-0.2, -0.15) is 0 Å². The Morgan fingerprint density at radius 2 is 2.21 bits per heavy atom. The third kappa shape index (κ3) is 3.99. The molecular weight excluding hydrogens is 238 g/mol. The Bertz CT molecular complexity index is 500. The van der Waals surface area contributed by atoms with E-state index >= 15 is 0 Å². The third-order valence-electron chi connectivity index (χ3n) is 2.84. The van der Waals surface area contributed by atoms with Gasteiger partial charge in [-0.25, -0.2) is 9.97 Å². The highest BCUT2D eigenvalue weighted by molar-refractivity contribution is 5.39. The van der Waals surface area contributed by atoms with Crippen molar-refractivity contribution in [1.29, 1.82) is 0 Å². The largest absolute Gasteiger partial charge is 0.352 e. The zero-order chi connectivity index (χ0) is 13.5. The molecule has 0 saturated heterocycles. The summed E-state index contributed by atoms with van der Waals surface area (Å²) in [6, 6.07) is 6.01. The maximum atomic E-state index is 5.61. The van der Waals surface area contributed by atoms with Crippen LogP contribution in [-0.4, -0.2) is 28.0 Å². The summed E-state index contributed by atoms with van der Waals surface area (Å²) in [5.74, 6) is 0.935. The van der Waals surface area contributed by atoms with Crippen molar-refractivity contribution >= 4 is 5.82 Å². The average Bonchev–Trinajstić information content (AvgIpc) is 2.44. The lowest BCUT2D eigenvalue weighted by Crippen LogP contribution is -2.26. The molecule has 0 bridgehead atoms. The van der Waals surface area contributed by atoms with Gasteiger partial charge in [-0.1, -0.05) is 6.07 Å². The number of rotatable bonds is 6. The minimum Gasteiger partial charge on any atom is -0.352 e. The molecule has 0 aliphatic heterocycles. The van der Waals surface area contributed by atoms with Gasteiger partial charge in [-0.05, 0) is 31.5 Å². The quantitative estimate of drug-likeness (QED) is 0.850. The molecule has 0 fully saturated rings. The summed E-state index contributed by atoms with van der Waals surface area (Å²) in [4.78, 5) is 14.8. The van der Waals surface area contributed by atoms with Crippen molar-refractivity contribution in [3.63, 3.8) is 0 Å². The zero-order valence-electron chi connectivity index (χ0n) is 11.2. The van der Waals surface area contributed by atoms with Crippen LogP contribution in [0.3, 0.4) is 0 Å². The van der Waals surface area contributed by atoms with E-state index in [1.54, 1.807) is 12.5 Å². The second-order valence-corrected chi connectivity index (χ2v) is 4.44. The van der Waals surface area contributed by atoms with Gasteiger partial charge in [0, 0.05) is 37.2 Å². The van der Waals surface area contributed by atoms with Crippen molar-refractivity contribution < 1.29 is 0 Å². The molecule has 2 aromatic rings. The van der Waals surface area contributed by atoms with Crippen molar-refractivity contribution in [2.75, 3.05) is 18.0 Å². The van der Waals surface area contributed by atoms with Gasteiger partial charge in [-0.3, -0.25) is 4.98 Å². The lowest BCUT2D eigenvalue weighted by Gasteiger charge is -2.23. The molecule has 19 heavy (non-hydrogen) atoms. The summed E-state index contributed by atoms with van der Waals surface area (Å²) in [5.41, 5.74) is 7.74. The van der Waals surface area contributed by atoms with E-state index in [-0.39, 0.29) is 0 Å². The molecule has 5 nitrogen and oxygen atoms in total. The monoisotopic (exact) mass is 257 g/mol. The molecule has 0 aliphatic carbocycles. The summed E-state index contributed by atoms with van der Waals surface area (Å²) in [6.45, 7) is 4.30. The van der Waals surface area contributed by atoms with Gasteiger partial charge in [0.25, 0.3) is 0 Å². The number of hydrogen-bond acceptors (Lipinski definition) is 5. The molecule has 0 atom stereocenters. The Labute approximate surface area is 113 Å². The highest BCUT2D eigenvalue weighted by Gasteiger charge is 2.09. The second-order valence-electron chi connectivity index (χ2n) is 4.44. The molecule has 100 valence electrons. The van der Waals surface area contributed by atoms with Crippen molar-refractivity contribution in [1.82, 2.24) is 15.0 Å². The van der Waals surface area contributed by atoms with Crippen LogP contribution in [-0.2, 0) is 6.54 Å². The molecule has 0 unspecified atom stereocenters. The molecule has 0 radical (unpaired) electrons. The van der Waals surface area contributed by atoms with E-state index in [9.17, 15) is 0 Å². The SMILES string of the molecule is Cc1cc(N(CCCN)Cc2cccnc2)ncn1. The van der Waals surface area contributed by atoms with Crippen LogP contribution in [0.1, 0.15) is 17.7 Å². The predicted molar refractivity (Wildman–Crippen MR) is 75.7 cm³/mol. The first-order valence-electron chi connectivity index (χ1n) is 6.42. The number of hydrogen-bond donors (Lipinski definition) is 1. The van der Waals surface area contributed by atoms with Gasteiger partial charge in [0.15, 0.2) is 0 Å². The van der Waals surface area contributed by atoms with Gasteiger partial charge in [0.05, 0.1) is 0 Å². The van der Waals surface area contributed by atoms with E-state index < -0.39 is 0 Å². The molecular formula is C14H19N5. The fourth-order valence-electron chi connectivity index (χ4n) is 1.88. The molecule has 0 amide bonds. The maximum absolute atomic E-state index is 5.61. The summed E-state index contributed by atoms with van der Waals surface area (Å²) in [6.07, 6.45) is 6.19. The molecule has 0 saturated carbocycles. The van der Waals surface area contributed by atoms with E-state index in [0.29, 0.717) is 6.54 Å². The van der Waals surface area contributed by atoms with E-state index in [1.807, 2.05) is 25.3 Å². The molecule has 0 spiro atoms. The summed E-state index contributed by atoms with van der Waals surface area (Å²) in [5, 5.41) is 0. The van der Waals surface area contributed by atoms with Crippen LogP contribution in [0.2, 0.25) is 0 Å². The average molecular weight is 257 g/mol. The number of aromatic nitrogens is 3. The predicted octanol–water partition coefficient (Wildman–Crippen LogP) is 1.54. The number of pyridine rings is 1. The number of aryl methyl sites for hydroxylation is 1. The van der Waals surface area contributed by atoms with Gasteiger partial charge < -0.3 is 10.6 Å². The molecule has 0 aromatic carbocycles. The van der Waals surface area contributed by atoms with Crippen LogP contribution in [0.5, 0.6) is 0 Å². The first-order chi connectivity index (χ1) is 9.29. The Kier molecular flexibility index (Phi) is 4.80. The lowest BCUT2D eigenvalue weighted by molar-refractivity contribution is 0.722. The van der Waals surface area contributed by atoms with Crippen molar-refractivity contribution in [2.45, 2.75) is 19.9 Å². The van der Waals surface area contributed by atoms with Crippen LogP contribution in [0, 0.1) is 6.92 Å². The molecule has 5 heteroatoms. The summed E-state index contributed by atoms with van der Waals surface area (Å²) in [7, 11) is 0. The van der Waals surface area contributed by atoms with Gasteiger partial charge in [0.1, 0.15) is 12.1 Å². The Morgan fingerprint density at radius 1 is 1.32 bits per heavy atom. The number of anilines is 1. The van der Waals surface area contributed by atoms with Crippen LogP contribution in [0.15, 0.2) is 36.9 Å². The standard InChI is InChI=1S/C14H19N5/c1-12-8-14(18-11-17-12)19(7-3-5-15)10-13-4-2-6-16-9-13/h2,4,6,8-9,11H,3,5,7,10,15H2,1H3. The molecule has 2 aromatic heterocycles. The molecule has 2 rings (SSSR count). The Balaban J connectivity index is 2.16. The van der Waals surface area contributed by atoms with Gasteiger partial charge in [0.2, 0.25) is 0 Å². The van der Waals surface area contributed by atoms with Crippen LogP contribution < -0.4 is 10.6 Å². The Hall–Kier alpha value is -2.01.